The summed E-state index contributed by atoms with van der Waals surface area (Å²) >= 11 is 3.05. The number of carboxylic acid groups (broad SMARTS) is 1. The predicted octanol–water partition coefficient (Wildman–Crippen LogP) is 2.80. The number of aromatic amines is 1. The van der Waals surface area contributed by atoms with Gasteiger partial charge >= 0.3 is 11.7 Å². The highest BCUT2D eigenvalue weighted by Gasteiger charge is 2.35. The monoisotopic (exact) mass is 528 g/mol. The van der Waals surface area contributed by atoms with Gasteiger partial charge in [0.1, 0.15) is 11.9 Å². The third kappa shape index (κ3) is 4.64. The first-order valence-electron chi connectivity index (χ1n) is 9.14. The number of aromatic carboxylic acids is 1. The molecule has 0 aliphatic carbocycles. The number of halogens is 2. The molecule has 3 N–H and O–H groups in total. The minimum Gasteiger partial charge on any atom is -0.478 e. The topological polar surface area (TPSA) is 155 Å². The molecule has 0 radical (unpaired) electrons. The van der Waals surface area contributed by atoms with Gasteiger partial charge in [-0.1, -0.05) is 13.0 Å². The first-order chi connectivity index (χ1) is 14.9. The van der Waals surface area contributed by atoms with Gasteiger partial charge in [0.05, 0.1) is 5.56 Å². The van der Waals surface area contributed by atoms with E-state index >= 15 is 0 Å². The molecule has 0 amide bonds. The molecule has 170 valence electrons. The van der Waals surface area contributed by atoms with E-state index in [1.54, 1.807) is 19.9 Å². The van der Waals surface area contributed by atoms with E-state index in [4.69, 9.17) is 4.42 Å². The largest absolute Gasteiger partial charge is 0.478 e. The van der Waals surface area contributed by atoms with Crippen LogP contribution in [0, 0.1) is 19.7 Å². The second kappa shape index (κ2) is 8.92. The molecule has 0 saturated carbocycles. The van der Waals surface area contributed by atoms with Crippen molar-refractivity contribution in [1.29, 1.82) is 0 Å². The molecule has 0 aliphatic rings. The summed E-state index contributed by atoms with van der Waals surface area (Å²) in [6.45, 7) is 4.97. The average molecular weight is 529 g/mol. The average Bonchev–Trinajstić information content (AvgIpc) is 3.15. The number of pyridine rings is 1. The summed E-state index contributed by atoms with van der Waals surface area (Å²) in [6, 6.07) is 2.56. The van der Waals surface area contributed by atoms with Crippen molar-refractivity contribution < 1.29 is 27.1 Å². The highest BCUT2D eigenvalue weighted by Crippen LogP contribution is 2.35. The van der Waals surface area contributed by atoms with Gasteiger partial charge in [0, 0.05) is 16.6 Å². The number of carbonyl (C=O) groups is 1. The van der Waals surface area contributed by atoms with Crippen molar-refractivity contribution in [3.8, 4) is 0 Å². The maximum atomic E-state index is 14.7. The van der Waals surface area contributed by atoms with Crippen molar-refractivity contribution in [3.63, 3.8) is 0 Å². The number of nitrogens with one attached hydrogen (secondary N) is 2. The third-order valence-electron chi connectivity index (χ3n) is 4.99. The maximum absolute atomic E-state index is 14.7. The number of carboxylic acids is 1. The molecular weight excluding hydrogens is 511 g/mol. The molecule has 2 atom stereocenters. The zero-order chi connectivity index (χ0) is 23.8. The molecule has 0 unspecified atom stereocenters. The van der Waals surface area contributed by atoms with Gasteiger partial charge in [-0.25, -0.2) is 32.5 Å². The minimum absolute atomic E-state index is 0.186. The molecule has 10 nitrogen and oxygen atoms in total. The van der Waals surface area contributed by atoms with E-state index in [1.165, 1.54) is 13.0 Å². The summed E-state index contributed by atoms with van der Waals surface area (Å²) in [5, 5.41) is 14.4. The maximum Gasteiger partial charge on any atom is 0.434 e. The SMILES string of the molecule is Cc1ccc(F)c([C@@H](C)[C@H](NS(=O)(=O)c2ncc(Br)cc2C(=O)O)c2n[nH]c(=O)o2)c1C. The second-order valence-electron chi connectivity index (χ2n) is 7.05. The van der Waals surface area contributed by atoms with E-state index in [9.17, 15) is 27.5 Å². The molecule has 2 heterocycles. The summed E-state index contributed by atoms with van der Waals surface area (Å²) in [7, 11) is -4.58. The zero-order valence-electron chi connectivity index (χ0n) is 17.0. The zero-order valence-corrected chi connectivity index (χ0v) is 19.4. The number of H-pyrrole nitrogens is 1. The number of hydrogen-bond acceptors (Lipinski definition) is 7. The Kier molecular flexibility index (Phi) is 6.62. The lowest BCUT2D eigenvalue weighted by molar-refractivity contribution is 0.0691. The lowest BCUT2D eigenvalue weighted by Gasteiger charge is -2.25. The van der Waals surface area contributed by atoms with Crippen LogP contribution in [0.3, 0.4) is 0 Å². The minimum atomic E-state index is -4.58. The standard InChI is InChI=1S/C19H18BrFN4O6S/c1-8-4-5-13(21)14(9(8)2)10(3)15(16-23-24-19(28)31-16)25-32(29,30)17-12(18(26)27)6-11(20)7-22-17/h4-7,10,15,25H,1-3H3,(H,24,28)(H,26,27)/t10-,15+/m1/s1. The molecule has 3 aromatic rings. The molecule has 0 spiro atoms. The number of nitrogens with zero attached hydrogens (tertiary/aromatic N) is 2. The molecule has 3 rings (SSSR count). The predicted molar refractivity (Wildman–Crippen MR) is 113 cm³/mol. The number of hydrogen-bond donors (Lipinski definition) is 3. The van der Waals surface area contributed by atoms with Crippen molar-refractivity contribution in [1.82, 2.24) is 19.9 Å². The number of sulfonamides is 1. The van der Waals surface area contributed by atoms with E-state index < -0.39 is 50.1 Å². The Hall–Kier alpha value is -2.90. The summed E-state index contributed by atoms with van der Waals surface area (Å²) in [5.41, 5.74) is 0.943. The third-order valence-corrected chi connectivity index (χ3v) is 6.83. The van der Waals surface area contributed by atoms with Crippen molar-refractivity contribution in [2.24, 2.45) is 0 Å². The number of aromatic nitrogens is 3. The van der Waals surface area contributed by atoms with Crippen LogP contribution in [0.25, 0.3) is 0 Å². The molecule has 0 bridgehead atoms. The van der Waals surface area contributed by atoms with E-state index in [0.717, 1.165) is 17.8 Å². The Morgan fingerprint density at radius 2 is 2.03 bits per heavy atom. The Morgan fingerprint density at radius 3 is 2.62 bits per heavy atom. The van der Waals surface area contributed by atoms with E-state index in [1.807, 2.05) is 5.10 Å². The van der Waals surface area contributed by atoms with Gasteiger partial charge in [0.25, 0.3) is 10.0 Å². The van der Waals surface area contributed by atoms with Gasteiger partial charge in [0.2, 0.25) is 5.89 Å². The van der Waals surface area contributed by atoms with Crippen molar-refractivity contribution in [2.75, 3.05) is 0 Å². The second-order valence-corrected chi connectivity index (χ2v) is 9.60. The van der Waals surface area contributed by atoms with Crippen LogP contribution in [0.4, 0.5) is 4.39 Å². The molecule has 32 heavy (non-hydrogen) atoms. The van der Waals surface area contributed by atoms with Crippen molar-refractivity contribution in [3.05, 3.63) is 73.4 Å². The van der Waals surface area contributed by atoms with Crippen LogP contribution in [0.2, 0.25) is 0 Å². The van der Waals surface area contributed by atoms with Crippen LogP contribution in [-0.2, 0) is 10.0 Å². The molecule has 2 aromatic heterocycles. The molecule has 0 aliphatic heterocycles. The van der Waals surface area contributed by atoms with Crippen LogP contribution in [0.15, 0.2) is 43.1 Å². The first kappa shape index (κ1) is 23.8. The van der Waals surface area contributed by atoms with E-state index in [2.05, 4.69) is 30.7 Å². The first-order valence-corrected chi connectivity index (χ1v) is 11.4. The van der Waals surface area contributed by atoms with Gasteiger partial charge in [-0.15, -0.1) is 5.10 Å². The highest BCUT2D eigenvalue weighted by atomic mass is 79.9. The Morgan fingerprint density at radius 1 is 1.34 bits per heavy atom. The van der Waals surface area contributed by atoms with E-state index in [0.29, 0.717) is 5.56 Å². The Balaban J connectivity index is 2.14. The summed E-state index contributed by atoms with van der Waals surface area (Å²) in [6.07, 6.45) is 1.12. The fourth-order valence-corrected chi connectivity index (χ4v) is 5.00. The van der Waals surface area contributed by atoms with E-state index in [-0.39, 0.29) is 15.9 Å². The van der Waals surface area contributed by atoms with Crippen LogP contribution >= 0.6 is 15.9 Å². The van der Waals surface area contributed by atoms with Crippen molar-refractivity contribution >= 4 is 31.9 Å². The fraction of sp³-hybridized carbons (Fsp3) is 0.263. The van der Waals surface area contributed by atoms with Gasteiger partial charge in [0.15, 0.2) is 5.03 Å². The van der Waals surface area contributed by atoms with Crippen molar-refractivity contribution in [2.45, 2.75) is 37.8 Å². The summed E-state index contributed by atoms with van der Waals surface area (Å²) in [5.74, 6) is -4.29. The Labute approximate surface area is 190 Å². The summed E-state index contributed by atoms with van der Waals surface area (Å²) in [4.78, 5) is 26.8. The normalized spacial score (nSPS) is 13.7. The van der Waals surface area contributed by atoms with Gasteiger partial charge < -0.3 is 9.52 Å². The van der Waals surface area contributed by atoms with Crippen LogP contribution in [0.5, 0.6) is 0 Å². The lowest BCUT2D eigenvalue weighted by Crippen LogP contribution is -2.34. The highest BCUT2D eigenvalue weighted by molar-refractivity contribution is 9.10. The van der Waals surface area contributed by atoms with Gasteiger partial charge in [-0.3, -0.25) is 0 Å². The molecular formula is C19H18BrFN4O6S. The van der Waals surface area contributed by atoms with Crippen LogP contribution in [-0.4, -0.2) is 34.7 Å². The fourth-order valence-electron chi connectivity index (χ4n) is 3.29. The van der Waals surface area contributed by atoms with Gasteiger partial charge in [-0.2, -0.15) is 4.72 Å². The van der Waals surface area contributed by atoms with Crippen LogP contribution in [0.1, 0.15) is 51.8 Å². The number of rotatable bonds is 7. The molecule has 13 heteroatoms. The molecule has 1 aromatic carbocycles. The smallest absolute Gasteiger partial charge is 0.434 e. The van der Waals surface area contributed by atoms with Crippen LogP contribution < -0.4 is 10.5 Å². The molecule has 0 saturated heterocycles. The van der Waals surface area contributed by atoms with Gasteiger partial charge in [-0.05, 0) is 58.6 Å². The quantitative estimate of drug-likeness (QED) is 0.422. The lowest BCUT2D eigenvalue weighted by atomic mass is 9.88. The Bertz CT molecular complexity index is 1350. The summed E-state index contributed by atoms with van der Waals surface area (Å²) < 4.78 is 48.5. The number of aryl methyl sites for hydroxylation is 1. The number of benzene rings is 1. The molecule has 0 fully saturated rings.